The fraction of sp³-hybridized carbons (Fsp3) is 0.417. The Morgan fingerprint density at radius 1 is 1.08 bits per heavy atom. The van der Waals surface area contributed by atoms with Gasteiger partial charge in [-0.3, -0.25) is 4.90 Å². The first-order valence-electron chi connectivity index (χ1n) is 12.3. The van der Waals surface area contributed by atoms with Crippen LogP contribution in [0.3, 0.4) is 0 Å². The molecule has 1 aliphatic carbocycles. The van der Waals surface area contributed by atoms with Gasteiger partial charge in [0.2, 0.25) is 5.95 Å². The van der Waals surface area contributed by atoms with Gasteiger partial charge in [0.25, 0.3) is 0 Å². The average molecular weight is 522 g/mol. The number of aromatic nitrogens is 4. The molecule has 192 valence electrons. The zero-order valence-electron chi connectivity index (χ0n) is 20.2. The van der Waals surface area contributed by atoms with E-state index in [4.69, 9.17) is 32.6 Å². The number of rotatable bonds is 9. The summed E-state index contributed by atoms with van der Waals surface area (Å²) in [4.78, 5) is 13.6. The van der Waals surface area contributed by atoms with Crippen LogP contribution in [0.1, 0.15) is 24.1 Å². The quantitative estimate of drug-likeness (QED) is 0.269. The number of fused-ring (bicyclic) bond motifs is 1. The third-order valence-corrected chi connectivity index (χ3v) is 7.56. The van der Waals surface area contributed by atoms with E-state index in [1.54, 1.807) is 16.8 Å². The van der Waals surface area contributed by atoms with Crippen LogP contribution in [0.4, 0.5) is 23.1 Å². The molecule has 3 fully saturated rings. The summed E-state index contributed by atoms with van der Waals surface area (Å²) in [5.41, 5.74) is 2.94. The number of hydrogen-bond acceptors (Lipinski definition) is 11. The van der Waals surface area contributed by atoms with E-state index in [0.717, 1.165) is 44.7 Å². The lowest BCUT2D eigenvalue weighted by molar-refractivity contribution is -0.0994. The molecule has 1 aromatic carbocycles. The summed E-state index contributed by atoms with van der Waals surface area (Å²) in [5.74, 6) is 0.915. The number of hydrogen-bond donors (Lipinski definition) is 5. The lowest BCUT2D eigenvalue weighted by Gasteiger charge is -2.50. The Morgan fingerprint density at radius 2 is 1.86 bits per heavy atom. The maximum Gasteiger partial charge on any atom is 0.247 e. The number of nitrogens with zero attached hydrogens (tertiary/aromatic N) is 6. The monoisotopic (exact) mass is 521 g/mol. The lowest BCUT2D eigenvalue weighted by Crippen LogP contribution is -2.67. The van der Waals surface area contributed by atoms with Crippen LogP contribution in [-0.2, 0) is 4.74 Å². The van der Waals surface area contributed by atoms with Crippen LogP contribution in [0.15, 0.2) is 18.3 Å². The zero-order chi connectivity index (χ0) is 25.6. The van der Waals surface area contributed by atoms with Gasteiger partial charge in [-0.1, -0.05) is 11.6 Å². The Balaban J connectivity index is 1.29. The topological polar surface area (TPSA) is 154 Å². The van der Waals surface area contributed by atoms with E-state index < -0.39 is 0 Å². The van der Waals surface area contributed by atoms with Gasteiger partial charge in [-0.2, -0.15) is 4.98 Å². The van der Waals surface area contributed by atoms with Gasteiger partial charge in [0, 0.05) is 50.9 Å². The summed E-state index contributed by atoms with van der Waals surface area (Å²) in [6.07, 6.45) is 7.76. The maximum absolute atomic E-state index is 7.89. The second-order valence-corrected chi connectivity index (χ2v) is 10.0. The summed E-state index contributed by atoms with van der Waals surface area (Å²) in [6, 6.07) is 4.08. The van der Waals surface area contributed by atoms with E-state index in [2.05, 4.69) is 35.5 Å². The van der Waals surface area contributed by atoms with E-state index in [-0.39, 0.29) is 5.54 Å². The highest BCUT2D eigenvalue weighted by Gasteiger charge is 2.43. The molecule has 3 aliphatic rings. The standard InChI is InChI=1S/C24H28ClN11O/c25-20-18(31-23-32-21(30-16-1-2-16)22-29-11-17(10-27)36(22)33-23)7-15(9-26)8-19(20)34-3-5-35(6-4-34)24(12-28)13-37-14-24/h7-12,16,26-28H,1-6,13-14H2,(H2,30,31,32,33). The smallest absolute Gasteiger partial charge is 0.247 e. The van der Waals surface area contributed by atoms with Crippen LogP contribution in [0.2, 0.25) is 5.02 Å². The Labute approximate surface area is 218 Å². The van der Waals surface area contributed by atoms with Gasteiger partial charge in [-0.15, -0.1) is 5.10 Å². The van der Waals surface area contributed by atoms with Crippen molar-refractivity contribution in [2.24, 2.45) is 0 Å². The number of piperazine rings is 1. The first-order chi connectivity index (χ1) is 18.0. The predicted molar refractivity (Wildman–Crippen MR) is 144 cm³/mol. The van der Waals surface area contributed by atoms with Crippen molar-refractivity contribution in [3.63, 3.8) is 0 Å². The van der Waals surface area contributed by atoms with Crippen molar-refractivity contribution >= 4 is 59.0 Å². The number of imidazole rings is 1. The van der Waals surface area contributed by atoms with Gasteiger partial charge in [0.05, 0.1) is 35.8 Å². The van der Waals surface area contributed by atoms with Crippen molar-refractivity contribution in [3.8, 4) is 0 Å². The SMILES string of the molecule is N=Cc1cc(Nc2nc(NC3CC3)c3ncc(C=N)n3n2)c(Cl)c(N2CCN(C3(C=N)COC3)CC2)c1. The van der Waals surface area contributed by atoms with Gasteiger partial charge >= 0.3 is 0 Å². The highest BCUT2D eigenvalue weighted by Crippen LogP contribution is 2.37. The second-order valence-electron chi connectivity index (χ2n) is 9.65. The van der Waals surface area contributed by atoms with Crippen molar-refractivity contribution < 1.29 is 4.74 Å². The Morgan fingerprint density at radius 3 is 2.49 bits per heavy atom. The number of ether oxygens (including phenoxy) is 1. The highest BCUT2D eigenvalue weighted by molar-refractivity contribution is 6.36. The van der Waals surface area contributed by atoms with Crippen LogP contribution < -0.4 is 15.5 Å². The molecular weight excluding hydrogens is 494 g/mol. The third kappa shape index (κ3) is 4.30. The first kappa shape index (κ1) is 23.8. The Kier molecular flexibility index (Phi) is 6.01. The van der Waals surface area contributed by atoms with Gasteiger partial charge < -0.3 is 36.5 Å². The molecule has 4 heterocycles. The molecule has 37 heavy (non-hydrogen) atoms. The molecule has 13 heteroatoms. The molecule has 2 aliphatic heterocycles. The van der Waals surface area contributed by atoms with E-state index in [1.165, 1.54) is 18.6 Å². The molecule has 2 saturated heterocycles. The predicted octanol–water partition coefficient (Wildman–Crippen LogP) is 2.63. The van der Waals surface area contributed by atoms with E-state index >= 15 is 0 Å². The van der Waals surface area contributed by atoms with Gasteiger partial charge in [0.15, 0.2) is 11.5 Å². The van der Waals surface area contributed by atoms with Crippen LogP contribution in [0.25, 0.3) is 5.65 Å². The van der Waals surface area contributed by atoms with Crippen molar-refractivity contribution in [2.45, 2.75) is 24.4 Å². The number of nitrogens with one attached hydrogen (secondary N) is 5. The molecule has 6 rings (SSSR count). The summed E-state index contributed by atoms with van der Waals surface area (Å²) in [7, 11) is 0. The van der Waals surface area contributed by atoms with Crippen molar-refractivity contribution in [2.75, 3.05) is 54.9 Å². The minimum Gasteiger partial charge on any atom is -0.377 e. The molecule has 3 aromatic rings. The van der Waals surface area contributed by atoms with Crippen molar-refractivity contribution in [3.05, 3.63) is 34.6 Å². The summed E-state index contributed by atoms with van der Waals surface area (Å²) in [6.45, 7) is 4.18. The minimum absolute atomic E-state index is 0.287. The zero-order valence-corrected chi connectivity index (χ0v) is 20.9. The number of anilines is 4. The van der Waals surface area contributed by atoms with E-state index in [9.17, 15) is 0 Å². The van der Waals surface area contributed by atoms with Crippen LogP contribution in [0, 0.1) is 16.2 Å². The lowest BCUT2D eigenvalue weighted by atomic mass is 9.95. The fourth-order valence-corrected chi connectivity index (χ4v) is 5.06. The number of halogens is 1. The van der Waals surface area contributed by atoms with E-state index in [1.807, 2.05) is 6.07 Å². The average Bonchev–Trinajstić information content (AvgIpc) is 3.61. The normalized spacial score (nSPS) is 19.3. The molecular formula is C24H28ClN11O. The Bertz CT molecular complexity index is 1370. The third-order valence-electron chi connectivity index (χ3n) is 7.17. The first-order valence-corrected chi connectivity index (χ1v) is 12.6. The number of benzene rings is 1. The summed E-state index contributed by atoms with van der Waals surface area (Å²) < 4.78 is 6.98. The van der Waals surface area contributed by atoms with Gasteiger partial charge in [0.1, 0.15) is 11.2 Å². The molecule has 12 nitrogen and oxygen atoms in total. The van der Waals surface area contributed by atoms with Crippen LogP contribution in [-0.4, -0.2) is 94.1 Å². The minimum atomic E-state index is -0.287. The molecule has 0 unspecified atom stereocenters. The van der Waals surface area contributed by atoms with Gasteiger partial charge in [-0.25, -0.2) is 9.50 Å². The molecule has 1 saturated carbocycles. The molecule has 0 spiro atoms. The largest absolute Gasteiger partial charge is 0.377 e. The van der Waals surface area contributed by atoms with Gasteiger partial charge in [-0.05, 0) is 30.5 Å². The second kappa shape index (κ2) is 9.36. The van der Waals surface area contributed by atoms with Crippen LogP contribution in [0.5, 0.6) is 0 Å². The highest BCUT2D eigenvalue weighted by atomic mass is 35.5. The summed E-state index contributed by atoms with van der Waals surface area (Å²) >= 11 is 6.93. The fourth-order valence-electron chi connectivity index (χ4n) is 4.78. The molecule has 0 atom stereocenters. The summed E-state index contributed by atoms with van der Waals surface area (Å²) in [5, 5.41) is 35.2. The molecule has 2 aromatic heterocycles. The molecule has 0 bridgehead atoms. The Hall–Kier alpha value is -3.61. The van der Waals surface area contributed by atoms with Crippen molar-refractivity contribution in [1.29, 1.82) is 16.2 Å². The van der Waals surface area contributed by atoms with Crippen molar-refractivity contribution in [1.82, 2.24) is 24.5 Å². The van der Waals surface area contributed by atoms with E-state index in [0.29, 0.717) is 58.6 Å². The van der Waals surface area contributed by atoms with Crippen LogP contribution >= 0.6 is 11.6 Å². The molecule has 0 amide bonds. The maximum atomic E-state index is 7.89. The molecule has 0 radical (unpaired) electrons. The molecule has 5 N–H and O–H groups in total.